The van der Waals surface area contributed by atoms with Gasteiger partial charge >= 0.3 is 0 Å². The van der Waals surface area contributed by atoms with Gasteiger partial charge in [-0.15, -0.1) is 0 Å². The summed E-state index contributed by atoms with van der Waals surface area (Å²) in [4.78, 5) is 10.1. The number of amides is 1. The fourth-order valence-corrected chi connectivity index (χ4v) is 0.817. The number of sulfone groups is 1. The van der Waals surface area contributed by atoms with Crippen LogP contribution in [0.15, 0.2) is 0 Å². The van der Waals surface area contributed by atoms with Gasteiger partial charge < -0.3 is 11.5 Å². The largest absolute Gasteiger partial charge is 0.370 e. The molecule has 4 N–H and O–H groups in total. The van der Waals surface area contributed by atoms with Crippen molar-refractivity contribution in [2.45, 2.75) is 11.8 Å². The van der Waals surface area contributed by atoms with E-state index in [1.807, 2.05) is 0 Å². The Morgan fingerprint density at radius 1 is 1.60 bits per heavy atom. The third kappa shape index (κ3) is 3.41. The highest BCUT2D eigenvalue weighted by molar-refractivity contribution is 7.91. The van der Waals surface area contributed by atoms with Crippen LogP contribution in [0, 0.1) is 0 Å². The van der Waals surface area contributed by atoms with Crippen LogP contribution in [-0.2, 0) is 14.6 Å². The maximum absolute atomic E-state index is 10.5. The summed E-state index contributed by atoms with van der Waals surface area (Å²) in [5.74, 6) is -0.710. The molecule has 0 aromatic rings. The highest BCUT2D eigenvalue weighted by Gasteiger charge is 2.16. The standard InChI is InChI=1S/C4H10N2O3S/c1-10(8,9)4(6)2-3(5)7/h4H,2,6H2,1H3,(H2,5,7). The second-order valence-electron chi connectivity index (χ2n) is 2.04. The van der Waals surface area contributed by atoms with Crippen LogP contribution in [0.25, 0.3) is 0 Å². The molecule has 0 aromatic carbocycles. The van der Waals surface area contributed by atoms with Crippen molar-refractivity contribution in [3.05, 3.63) is 0 Å². The number of hydrogen-bond donors (Lipinski definition) is 2. The Labute approximate surface area is 59.3 Å². The Morgan fingerprint density at radius 3 is 2.10 bits per heavy atom. The minimum atomic E-state index is -3.32. The summed E-state index contributed by atoms with van der Waals surface area (Å²) >= 11 is 0. The van der Waals surface area contributed by atoms with Crippen molar-refractivity contribution in [1.82, 2.24) is 0 Å². The van der Waals surface area contributed by atoms with Crippen molar-refractivity contribution in [2.24, 2.45) is 11.5 Å². The highest BCUT2D eigenvalue weighted by Crippen LogP contribution is 1.94. The molecule has 1 amide bonds. The third-order valence-electron chi connectivity index (χ3n) is 0.952. The summed E-state index contributed by atoms with van der Waals surface area (Å²) in [6, 6.07) is 0. The van der Waals surface area contributed by atoms with E-state index >= 15 is 0 Å². The minimum absolute atomic E-state index is 0.321. The van der Waals surface area contributed by atoms with Gasteiger partial charge in [0.15, 0.2) is 9.84 Å². The van der Waals surface area contributed by atoms with Gasteiger partial charge in [0.05, 0.1) is 6.42 Å². The maximum atomic E-state index is 10.5. The topological polar surface area (TPSA) is 103 Å². The first-order valence-corrected chi connectivity index (χ1v) is 4.52. The van der Waals surface area contributed by atoms with E-state index in [0.29, 0.717) is 0 Å². The van der Waals surface area contributed by atoms with Gasteiger partial charge in [-0.25, -0.2) is 8.42 Å². The SMILES string of the molecule is CS(=O)(=O)C(N)CC(N)=O. The van der Waals surface area contributed by atoms with Crippen LogP contribution in [-0.4, -0.2) is 26.0 Å². The molecular formula is C4H10N2O3S. The lowest BCUT2D eigenvalue weighted by Gasteiger charge is -2.04. The lowest BCUT2D eigenvalue weighted by Crippen LogP contribution is -2.34. The predicted octanol–water partition coefficient (Wildman–Crippen LogP) is -1.81. The Hall–Kier alpha value is -0.620. The van der Waals surface area contributed by atoms with Gasteiger partial charge in [0, 0.05) is 6.26 Å². The first kappa shape index (κ1) is 9.38. The molecule has 10 heavy (non-hydrogen) atoms. The van der Waals surface area contributed by atoms with E-state index in [9.17, 15) is 13.2 Å². The summed E-state index contributed by atoms with van der Waals surface area (Å²) in [5.41, 5.74) is 9.77. The molecule has 1 unspecified atom stereocenters. The number of nitrogens with two attached hydrogens (primary N) is 2. The molecule has 1 atom stereocenters. The van der Waals surface area contributed by atoms with Crippen molar-refractivity contribution < 1.29 is 13.2 Å². The molecule has 5 nitrogen and oxygen atoms in total. The summed E-state index contributed by atoms with van der Waals surface area (Å²) in [6.07, 6.45) is 0.638. The van der Waals surface area contributed by atoms with Crippen LogP contribution >= 0.6 is 0 Å². The zero-order valence-electron chi connectivity index (χ0n) is 5.57. The molecule has 0 saturated heterocycles. The fourth-order valence-electron chi connectivity index (χ4n) is 0.350. The van der Waals surface area contributed by atoms with Gasteiger partial charge in [-0.3, -0.25) is 4.79 Å². The van der Waals surface area contributed by atoms with E-state index < -0.39 is 21.1 Å². The smallest absolute Gasteiger partial charge is 0.220 e. The summed E-state index contributed by atoms with van der Waals surface area (Å²) in [7, 11) is -3.32. The number of primary amides is 1. The zero-order chi connectivity index (χ0) is 8.36. The van der Waals surface area contributed by atoms with Crippen molar-refractivity contribution >= 4 is 15.7 Å². The van der Waals surface area contributed by atoms with Gasteiger partial charge in [-0.1, -0.05) is 0 Å². The summed E-state index contributed by atoms with van der Waals surface area (Å²) < 4.78 is 21.1. The van der Waals surface area contributed by atoms with Crippen LogP contribution in [0.5, 0.6) is 0 Å². The third-order valence-corrected chi connectivity index (χ3v) is 2.22. The molecule has 0 aliphatic heterocycles. The Morgan fingerprint density at radius 2 is 2.00 bits per heavy atom. The molecule has 0 fully saturated rings. The van der Waals surface area contributed by atoms with Gasteiger partial charge in [-0.05, 0) is 0 Å². The van der Waals surface area contributed by atoms with Gasteiger partial charge in [-0.2, -0.15) is 0 Å². The lowest BCUT2D eigenvalue weighted by molar-refractivity contribution is -0.118. The van der Waals surface area contributed by atoms with Gasteiger partial charge in [0.25, 0.3) is 0 Å². The highest BCUT2D eigenvalue weighted by atomic mass is 32.2. The monoisotopic (exact) mass is 166 g/mol. The van der Waals surface area contributed by atoms with Gasteiger partial charge in [0.2, 0.25) is 5.91 Å². The molecule has 0 bridgehead atoms. The fraction of sp³-hybridized carbons (Fsp3) is 0.750. The summed E-state index contributed by atoms with van der Waals surface area (Å²) in [6.45, 7) is 0. The van der Waals surface area contributed by atoms with Crippen LogP contribution in [0.3, 0.4) is 0 Å². The molecule has 0 spiro atoms. The minimum Gasteiger partial charge on any atom is -0.370 e. The molecule has 60 valence electrons. The Bertz CT molecular complexity index is 221. The average molecular weight is 166 g/mol. The molecule has 0 rings (SSSR count). The van der Waals surface area contributed by atoms with Crippen molar-refractivity contribution in [3.63, 3.8) is 0 Å². The zero-order valence-corrected chi connectivity index (χ0v) is 6.39. The van der Waals surface area contributed by atoms with Crippen molar-refractivity contribution in [2.75, 3.05) is 6.26 Å². The molecule has 0 heterocycles. The lowest BCUT2D eigenvalue weighted by atomic mass is 10.4. The molecule has 0 aliphatic carbocycles. The van der Waals surface area contributed by atoms with E-state index in [0.717, 1.165) is 6.26 Å². The number of hydrogen-bond acceptors (Lipinski definition) is 4. The average Bonchev–Trinajstić information content (AvgIpc) is 1.60. The second kappa shape index (κ2) is 2.98. The second-order valence-corrected chi connectivity index (χ2v) is 4.30. The maximum Gasteiger partial charge on any atom is 0.220 e. The van der Waals surface area contributed by atoms with E-state index in [4.69, 9.17) is 11.5 Å². The van der Waals surface area contributed by atoms with E-state index in [1.165, 1.54) is 0 Å². The molecule has 6 heteroatoms. The number of carbonyl (C=O) groups excluding carboxylic acids is 1. The van der Waals surface area contributed by atoms with Crippen LogP contribution < -0.4 is 11.5 Å². The van der Waals surface area contributed by atoms with Gasteiger partial charge in [0.1, 0.15) is 5.37 Å². The van der Waals surface area contributed by atoms with Crippen LogP contribution in [0.1, 0.15) is 6.42 Å². The normalized spacial score (nSPS) is 14.6. The number of carbonyl (C=O) groups is 1. The van der Waals surface area contributed by atoms with E-state index in [-0.39, 0.29) is 6.42 Å². The molecule has 0 radical (unpaired) electrons. The first-order valence-electron chi connectivity index (χ1n) is 2.57. The van der Waals surface area contributed by atoms with Crippen molar-refractivity contribution in [3.8, 4) is 0 Å². The Kier molecular flexibility index (Phi) is 2.79. The Balaban J connectivity index is 4.12. The quantitative estimate of drug-likeness (QED) is 0.515. The van der Waals surface area contributed by atoms with E-state index in [1.54, 1.807) is 0 Å². The van der Waals surface area contributed by atoms with Crippen LogP contribution in [0.4, 0.5) is 0 Å². The first-order chi connectivity index (χ1) is 4.34. The predicted molar refractivity (Wildman–Crippen MR) is 36.6 cm³/mol. The molecule has 0 saturated carbocycles. The summed E-state index contributed by atoms with van der Waals surface area (Å²) in [5, 5.41) is -1.16. The number of rotatable bonds is 3. The van der Waals surface area contributed by atoms with Crippen LogP contribution in [0.2, 0.25) is 0 Å². The molecule has 0 aliphatic rings. The van der Waals surface area contributed by atoms with Crippen molar-refractivity contribution in [1.29, 1.82) is 0 Å². The molecule has 0 aromatic heterocycles. The molecular weight excluding hydrogens is 156 g/mol. The van der Waals surface area contributed by atoms with E-state index in [2.05, 4.69) is 0 Å².